The van der Waals surface area contributed by atoms with Crippen LogP contribution in [0.1, 0.15) is 24.9 Å². The van der Waals surface area contributed by atoms with Crippen molar-refractivity contribution in [2.24, 2.45) is 0 Å². The van der Waals surface area contributed by atoms with Gasteiger partial charge in [-0.05, 0) is 12.5 Å². The van der Waals surface area contributed by atoms with Gasteiger partial charge in [-0.25, -0.2) is 0 Å². The molecule has 1 aromatic carbocycles. The minimum absolute atomic E-state index is 0.337. The fourth-order valence-corrected chi connectivity index (χ4v) is 2.50. The third kappa shape index (κ3) is 2.85. The lowest BCUT2D eigenvalue weighted by atomic mass is 10.0. The predicted molar refractivity (Wildman–Crippen MR) is 68.5 cm³/mol. The Hall–Kier alpha value is -1.37. The highest BCUT2D eigenvalue weighted by atomic mass is 15.2. The van der Waals surface area contributed by atoms with Crippen LogP contribution in [0.25, 0.3) is 0 Å². The van der Waals surface area contributed by atoms with Crippen LogP contribution in [0.15, 0.2) is 30.3 Å². The molecule has 0 spiro atoms. The average molecular weight is 229 g/mol. The van der Waals surface area contributed by atoms with E-state index in [0.717, 1.165) is 19.6 Å². The lowest BCUT2D eigenvalue weighted by Gasteiger charge is -2.39. The average Bonchev–Trinajstić information content (AvgIpc) is 2.40. The summed E-state index contributed by atoms with van der Waals surface area (Å²) in [5, 5.41) is 12.2. The van der Waals surface area contributed by atoms with Crippen molar-refractivity contribution in [1.82, 2.24) is 10.2 Å². The largest absolute Gasteiger partial charge is 0.314 e. The van der Waals surface area contributed by atoms with Crippen LogP contribution < -0.4 is 5.32 Å². The molecule has 1 saturated heterocycles. The smallest absolute Gasteiger partial charge is 0.0638 e. The van der Waals surface area contributed by atoms with Gasteiger partial charge < -0.3 is 5.32 Å². The molecule has 1 fully saturated rings. The summed E-state index contributed by atoms with van der Waals surface area (Å²) >= 11 is 0. The van der Waals surface area contributed by atoms with E-state index >= 15 is 0 Å². The van der Waals surface area contributed by atoms with Gasteiger partial charge in [0.25, 0.3) is 0 Å². The zero-order valence-electron chi connectivity index (χ0n) is 10.3. The first-order valence-electron chi connectivity index (χ1n) is 6.21. The highest BCUT2D eigenvalue weighted by Crippen LogP contribution is 2.24. The number of rotatable bonds is 3. The first-order chi connectivity index (χ1) is 8.33. The Kier molecular flexibility index (Phi) is 4.13. The van der Waals surface area contributed by atoms with Crippen LogP contribution in [-0.2, 0) is 0 Å². The van der Waals surface area contributed by atoms with Crippen molar-refractivity contribution in [2.45, 2.75) is 25.4 Å². The summed E-state index contributed by atoms with van der Waals surface area (Å²) in [7, 11) is 0. The highest BCUT2D eigenvalue weighted by Gasteiger charge is 2.26. The van der Waals surface area contributed by atoms with Crippen molar-refractivity contribution in [3.63, 3.8) is 0 Å². The molecule has 3 heteroatoms. The standard InChI is InChI=1S/C14H19N3/c1-12(13-5-3-2-4-6-13)17-10-9-16-11-14(17)7-8-15/h2-6,12,14,16H,7,9-11H2,1H3. The summed E-state index contributed by atoms with van der Waals surface area (Å²) < 4.78 is 0. The molecule has 1 aliphatic rings. The first kappa shape index (κ1) is 12.1. The fourth-order valence-electron chi connectivity index (χ4n) is 2.50. The van der Waals surface area contributed by atoms with Gasteiger partial charge in [0.15, 0.2) is 0 Å². The van der Waals surface area contributed by atoms with E-state index in [9.17, 15) is 0 Å². The van der Waals surface area contributed by atoms with Crippen molar-refractivity contribution in [2.75, 3.05) is 19.6 Å². The topological polar surface area (TPSA) is 39.1 Å². The molecule has 1 N–H and O–H groups in total. The lowest BCUT2D eigenvalue weighted by Crippen LogP contribution is -2.51. The van der Waals surface area contributed by atoms with Crippen LogP contribution in [0.2, 0.25) is 0 Å². The molecule has 90 valence electrons. The minimum atomic E-state index is 0.337. The Morgan fingerprint density at radius 2 is 2.24 bits per heavy atom. The molecule has 0 aliphatic carbocycles. The van der Waals surface area contributed by atoms with E-state index in [-0.39, 0.29) is 0 Å². The van der Waals surface area contributed by atoms with Gasteiger partial charge in [-0.3, -0.25) is 4.90 Å². The molecule has 0 saturated carbocycles. The maximum absolute atomic E-state index is 8.88. The summed E-state index contributed by atoms with van der Waals surface area (Å²) in [6.45, 7) is 5.18. The maximum Gasteiger partial charge on any atom is 0.0638 e. The third-order valence-corrected chi connectivity index (χ3v) is 3.50. The van der Waals surface area contributed by atoms with Gasteiger partial charge in [-0.2, -0.15) is 5.26 Å². The molecule has 1 aliphatic heterocycles. The quantitative estimate of drug-likeness (QED) is 0.861. The van der Waals surface area contributed by atoms with Crippen molar-refractivity contribution in [3.05, 3.63) is 35.9 Å². The first-order valence-corrected chi connectivity index (χ1v) is 6.21. The van der Waals surface area contributed by atoms with Gasteiger partial charge in [0, 0.05) is 31.7 Å². The third-order valence-electron chi connectivity index (χ3n) is 3.50. The van der Waals surface area contributed by atoms with Gasteiger partial charge in [-0.1, -0.05) is 30.3 Å². The molecule has 1 heterocycles. The van der Waals surface area contributed by atoms with Crippen molar-refractivity contribution >= 4 is 0 Å². The van der Waals surface area contributed by atoms with Gasteiger partial charge in [-0.15, -0.1) is 0 Å². The van der Waals surface area contributed by atoms with Crippen molar-refractivity contribution in [3.8, 4) is 6.07 Å². The van der Waals surface area contributed by atoms with Crippen LogP contribution in [0.4, 0.5) is 0 Å². The summed E-state index contributed by atoms with van der Waals surface area (Å²) in [6, 6.07) is 13.5. The van der Waals surface area contributed by atoms with Crippen LogP contribution in [-0.4, -0.2) is 30.6 Å². The summed E-state index contributed by atoms with van der Waals surface area (Å²) in [4.78, 5) is 2.44. The Morgan fingerprint density at radius 3 is 2.94 bits per heavy atom. The van der Waals surface area contributed by atoms with Gasteiger partial charge in [0.1, 0.15) is 0 Å². The second-order valence-corrected chi connectivity index (χ2v) is 4.54. The Labute approximate surface area is 103 Å². The van der Waals surface area contributed by atoms with E-state index in [2.05, 4.69) is 47.5 Å². The lowest BCUT2D eigenvalue weighted by molar-refractivity contribution is 0.117. The van der Waals surface area contributed by atoms with E-state index in [0.29, 0.717) is 18.5 Å². The minimum Gasteiger partial charge on any atom is -0.314 e. The number of piperazine rings is 1. The predicted octanol–water partition coefficient (Wildman–Crippen LogP) is 1.94. The Morgan fingerprint density at radius 1 is 1.47 bits per heavy atom. The van der Waals surface area contributed by atoms with E-state index in [1.54, 1.807) is 0 Å². The molecule has 2 atom stereocenters. The van der Waals surface area contributed by atoms with Crippen LogP contribution in [0.5, 0.6) is 0 Å². The summed E-state index contributed by atoms with van der Waals surface area (Å²) in [5.74, 6) is 0. The molecule has 2 rings (SSSR count). The summed E-state index contributed by atoms with van der Waals surface area (Å²) in [6.07, 6.45) is 0.601. The molecule has 0 amide bonds. The molecule has 17 heavy (non-hydrogen) atoms. The molecular weight excluding hydrogens is 210 g/mol. The van der Waals surface area contributed by atoms with Gasteiger partial charge >= 0.3 is 0 Å². The number of hydrogen-bond donors (Lipinski definition) is 1. The second kappa shape index (κ2) is 5.81. The normalized spacial score (nSPS) is 22.9. The molecular formula is C14H19N3. The maximum atomic E-state index is 8.88. The van der Waals surface area contributed by atoms with Gasteiger partial charge in [0.05, 0.1) is 12.5 Å². The zero-order chi connectivity index (χ0) is 12.1. The monoisotopic (exact) mass is 229 g/mol. The Bertz CT molecular complexity index is 382. The highest BCUT2D eigenvalue weighted by molar-refractivity contribution is 5.18. The number of hydrogen-bond acceptors (Lipinski definition) is 3. The number of nitriles is 1. The van der Waals surface area contributed by atoms with Crippen molar-refractivity contribution in [1.29, 1.82) is 5.26 Å². The number of nitrogens with one attached hydrogen (secondary N) is 1. The van der Waals surface area contributed by atoms with Gasteiger partial charge in [0.2, 0.25) is 0 Å². The van der Waals surface area contributed by atoms with E-state index < -0.39 is 0 Å². The second-order valence-electron chi connectivity index (χ2n) is 4.54. The van der Waals surface area contributed by atoms with Crippen LogP contribution >= 0.6 is 0 Å². The zero-order valence-corrected chi connectivity index (χ0v) is 10.3. The SMILES string of the molecule is CC(c1ccccc1)N1CCNCC1CC#N. The molecule has 0 radical (unpaired) electrons. The molecule has 0 bridgehead atoms. The van der Waals surface area contributed by atoms with E-state index in [1.807, 2.05) is 6.07 Å². The fraction of sp³-hybridized carbons (Fsp3) is 0.500. The molecule has 0 aromatic heterocycles. The molecule has 3 nitrogen and oxygen atoms in total. The Balaban J connectivity index is 2.11. The van der Waals surface area contributed by atoms with Crippen molar-refractivity contribution < 1.29 is 0 Å². The molecule has 1 aromatic rings. The van der Waals surface area contributed by atoms with E-state index in [1.165, 1.54) is 5.56 Å². The number of nitrogens with zero attached hydrogens (tertiary/aromatic N) is 2. The molecule has 2 unspecified atom stereocenters. The number of benzene rings is 1. The van der Waals surface area contributed by atoms with Crippen LogP contribution in [0, 0.1) is 11.3 Å². The van der Waals surface area contributed by atoms with E-state index in [4.69, 9.17) is 5.26 Å². The van der Waals surface area contributed by atoms with Crippen LogP contribution in [0.3, 0.4) is 0 Å². The summed E-state index contributed by atoms with van der Waals surface area (Å²) in [5.41, 5.74) is 1.33.